The molecule has 0 atom stereocenters. The highest BCUT2D eigenvalue weighted by Gasteiger charge is 1.96. The predicted octanol–water partition coefficient (Wildman–Crippen LogP) is 3.06. The van der Waals surface area contributed by atoms with Crippen molar-refractivity contribution in [1.29, 1.82) is 0 Å². The van der Waals surface area contributed by atoms with Gasteiger partial charge in [0, 0.05) is 18.1 Å². The SMILES string of the molecule is C.CCNCOc1ccc(-n2cccc2)cc1. The first kappa shape index (κ1) is 13.3. The highest BCUT2D eigenvalue weighted by molar-refractivity contribution is 5.37. The Kier molecular flexibility index (Phi) is 5.30. The minimum absolute atomic E-state index is 0. The molecule has 1 aromatic carbocycles. The summed E-state index contributed by atoms with van der Waals surface area (Å²) in [7, 11) is 0. The van der Waals surface area contributed by atoms with Crippen molar-refractivity contribution in [2.45, 2.75) is 14.4 Å². The Morgan fingerprint density at radius 2 is 1.76 bits per heavy atom. The van der Waals surface area contributed by atoms with Gasteiger partial charge >= 0.3 is 0 Å². The molecule has 3 heteroatoms. The Labute approximate surface area is 103 Å². The molecule has 0 saturated carbocycles. The summed E-state index contributed by atoms with van der Waals surface area (Å²) >= 11 is 0. The van der Waals surface area contributed by atoms with E-state index in [1.54, 1.807) is 0 Å². The molecule has 0 bridgehead atoms. The number of aromatic nitrogens is 1. The van der Waals surface area contributed by atoms with Crippen molar-refractivity contribution >= 4 is 0 Å². The van der Waals surface area contributed by atoms with E-state index in [0.717, 1.165) is 18.0 Å². The van der Waals surface area contributed by atoms with Crippen molar-refractivity contribution in [2.75, 3.05) is 13.3 Å². The number of hydrogen-bond acceptors (Lipinski definition) is 2. The molecule has 0 aliphatic rings. The Morgan fingerprint density at radius 1 is 1.12 bits per heavy atom. The molecule has 17 heavy (non-hydrogen) atoms. The molecule has 2 aromatic rings. The molecule has 1 heterocycles. The third-order valence-corrected chi connectivity index (χ3v) is 2.33. The number of nitrogens with zero attached hydrogens (tertiary/aromatic N) is 1. The summed E-state index contributed by atoms with van der Waals surface area (Å²) in [5.41, 5.74) is 1.14. The van der Waals surface area contributed by atoms with Gasteiger partial charge in [0.25, 0.3) is 0 Å². The quantitative estimate of drug-likeness (QED) is 0.633. The predicted molar refractivity (Wildman–Crippen MR) is 71.7 cm³/mol. The summed E-state index contributed by atoms with van der Waals surface area (Å²) in [5, 5.41) is 3.11. The number of hydrogen-bond donors (Lipinski definition) is 1. The second-order valence-corrected chi connectivity index (χ2v) is 3.48. The lowest BCUT2D eigenvalue weighted by atomic mass is 10.3. The maximum atomic E-state index is 5.50. The van der Waals surface area contributed by atoms with Gasteiger partial charge < -0.3 is 9.30 Å². The molecule has 2 rings (SSSR count). The zero-order valence-electron chi connectivity index (χ0n) is 9.39. The summed E-state index contributed by atoms with van der Waals surface area (Å²) in [5.74, 6) is 0.886. The van der Waals surface area contributed by atoms with Gasteiger partial charge in [-0.1, -0.05) is 14.4 Å². The highest BCUT2D eigenvalue weighted by Crippen LogP contribution is 2.14. The van der Waals surface area contributed by atoms with Crippen LogP contribution in [0, 0.1) is 0 Å². The van der Waals surface area contributed by atoms with Gasteiger partial charge in [-0.3, -0.25) is 5.32 Å². The van der Waals surface area contributed by atoms with E-state index in [1.165, 1.54) is 0 Å². The first-order valence-electron chi connectivity index (χ1n) is 5.47. The molecule has 0 radical (unpaired) electrons. The lowest BCUT2D eigenvalue weighted by Crippen LogP contribution is -2.19. The van der Waals surface area contributed by atoms with Crippen LogP contribution in [0.4, 0.5) is 0 Å². The number of rotatable bonds is 5. The Bertz CT molecular complexity index is 406. The molecule has 92 valence electrons. The third-order valence-electron chi connectivity index (χ3n) is 2.33. The minimum Gasteiger partial charge on any atom is -0.478 e. The van der Waals surface area contributed by atoms with Crippen molar-refractivity contribution in [3.8, 4) is 11.4 Å². The number of benzene rings is 1. The van der Waals surface area contributed by atoms with E-state index in [2.05, 4.69) is 16.8 Å². The van der Waals surface area contributed by atoms with Crippen molar-refractivity contribution in [3.63, 3.8) is 0 Å². The van der Waals surface area contributed by atoms with Crippen LogP contribution in [-0.4, -0.2) is 17.8 Å². The Hall–Kier alpha value is -1.74. The molecule has 0 unspecified atom stereocenters. The first-order chi connectivity index (χ1) is 7.90. The maximum Gasteiger partial charge on any atom is 0.139 e. The zero-order valence-corrected chi connectivity index (χ0v) is 9.39. The maximum absolute atomic E-state index is 5.50. The molecule has 0 saturated heterocycles. The van der Waals surface area contributed by atoms with Crippen molar-refractivity contribution in [1.82, 2.24) is 9.88 Å². The summed E-state index contributed by atoms with van der Waals surface area (Å²) in [6, 6.07) is 12.1. The van der Waals surface area contributed by atoms with Gasteiger partial charge in [-0.2, -0.15) is 0 Å². The van der Waals surface area contributed by atoms with Gasteiger partial charge in [-0.05, 0) is 42.9 Å². The molecule has 3 nitrogen and oxygen atoms in total. The van der Waals surface area contributed by atoms with E-state index in [1.807, 2.05) is 48.8 Å². The van der Waals surface area contributed by atoms with Gasteiger partial charge in [-0.25, -0.2) is 0 Å². The van der Waals surface area contributed by atoms with E-state index >= 15 is 0 Å². The van der Waals surface area contributed by atoms with E-state index in [9.17, 15) is 0 Å². The van der Waals surface area contributed by atoms with Gasteiger partial charge in [-0.15, -0.1) is 0 Å². The highest BCUT2D eigenvalue weighted by atomic mass is 16.5. The zero-order chi connectivity index (χ0) is 11.2. The molecule has 0 aliphatic carbocycles. The van der Waals surface area contributed by atoms with Crippen molar-refractivity contribution in [3.05, 3.63) is 48.8 Å². The van der Waals surface area contributed by atoms with Crippen LogP contribution in [0.2, 0.25) is 0 Å². The first-order valence-corrected chi connectivity index (χ1v) is 5.47. The largest absolute Gasteiger partial charge is 0.478 e. The van der Waals surface area contributed by atoms with E-state index < -0.39 is 0 Å². The van der Waals surface area contributed by atoms with Crippen LogP contribution < -0.4 is 10.1 Å². The molecule has 0 fully saturated rings. The summed E-state index contributed by atoms with van der Waals surface area (Å²) in [6.45, 7) is 3.53. The molecule has 1 aromatic heterocycles. The van der Waals surface area contributed by atoms with Gasteiger partial charge in [0.05, 0.1) is 0 Å². The van der Waals surface area contributed by atoms with Gasteiger partial charge in [0.1, 0.15) is 12.5 Å². The summed E-state index contributed by atoms with van der Waals surface area (Å²) in [6.07, 6.45) is 4.04. The van der Waals surface area contributed by atoms with Gasteiger partial charge in [0.2, 0.25) is 0 Å². The van der Waals surface area contributed by atoms with Crippen LogP contribution in [0.15, 0.2) is 48.8 Å². The van der Waals surface area contributed by atoms with Crippen LogP contribution in [0.1, 0.15) is 14.4 Å². The van der Waals surface area contributed by atoms with Crippen LogP contribution in [0.25, 0.3) is 5.69 Å². The summed E-state index contributed by atoms with van der Waals surface area (Å²) in [4.78, 5) is 0. The number of ether oxygens (including phenoxy) is 1. The monoisotopic (exact) mass is 232 g/mol. The molecule has 1 N–H and O–H groups in total. The van der Waals surface area contributed by atoms with Crippen LogP contribution >= 0.6 is 0 Å². The fourth-order valence-corrected chi connectivity index (χ4v) is 1.46. The fraction of sp³-hybridized carbons (Fsp3) is 0.286. The number of nitrogens with one attached hydrogen (secondary N) is 1. The Morgan fingerprint density at radius 3 is 2.35 bits per heavy atom. The van der Waals surface area contributed by atoms with Crippen molar-refractivity contribution < 1.29 is 4.74 Å². The lowest BCUT2D eigenvalue weighted by Gasteiger charge is -2.07. The molecular formula is C14H20N2O. The smallest absolute Gasteiger partial charge is 0.139 e. The Balaban J connectivity index is 0.00000144. The lowest BCUT2D eigenvalue weighted by molar-refractivity contribution is 0.287. The van der Waals surface area contributed by atoms with E-state index in [0.29, 0.717) is 6.73 Å². The van der Waals surface area contributed by atoms with Crippen LogP contribution in [0.5, 0.6) is 5.75 Å². The normalized spacial score (nSPS) is 9.71. The minimum atomic E-state index is 0. The third kappa shape index (κ3) is 3.64. The van der Waals surface area contributed by atoms with E-state index in [-0.39, 0.29) is 7.43 Å². The molecule has 0 amide bonds. The average molecular weight is 232 g/mol. The molecular weight excluding hydrogens is 212 g/mol. The fourth-order valence-electron chi connectivity index (χ4n) is 1.46. The second kappa shape index (κ2) is 6.76. The van der Waals surface area contributed by atoms with Crippen molar-refractivity contribution in [2.24, 2.45) is 0 Å². The summed E-state index contributed by atoms with van der Waals surface area (Å²) < 4.78 is 7.56. The molecule has 0 aliphatic heterocycles. The van der Waals surface area contributed by atoms with Crippen LogP contribution in [0.3, 0.4) is 0 Å². The standard InChI is InChI=1S/C13H16N2O.CH4/c1-2-14-11-16-13-7-5-12(6-8-13)15-9-3-4-10-15;/h3-10,14H,2,11H2,1H3;1H4. The second-order valence-electron chi connectivity index (χ2n) is 3.48. The van der Waals surface area contributed by atoms with E-state index in [4.69, 9.17) is 4.74 Å². The topological polar surface area (TPSA) is 26.2 Å². The van der Waals surface area contributed by atoms with Crippen LogP contribution in [-0.2, 0) is 0 Å². The van der Waals surface area contributed by atoms with Gasteiger partial charge in [0.15, 0.2) is 0 Å². The molecule has 0 spiro atoms. The average Bonchev–Trinajstić information content (AvgIpc) is 2.84.